The normalized spacial score (nSPS) is 13.0. The fraction of sp³-hybridized carbons (Fsp3) is 0.167. The lowest BCUT2D eigenvalue weighted by Crippen LogP contribution is -2.25. The van der Waals surface area contributed by atoms with E-state index in [2.05, 4.69) is 4.99 Å². The molecule has 0 aliphatic heterocycles. The number of carbonyl (C=O) groups excluding carboxylic acids is 1. The van der Waals surface area contributed by atoms with E-state index in [1.54, 1.807) is 18.2 Å². The first kappa shape index (κ1) is 19.1. The zero-order chi connectivity index (χ0) is 19.7. The summed E-state index contributed by atoms with van der Waals surface area (Å²) in [6, 6.07) is 8.10. The molecule has 1 unspecified atom stereocenters. The molecule has 2 aromatic carbocycles. The zero-order valence-electron chi connectivity index (χ0n) is 14.3. The van der Waals surface area contributed by atoms with E-state index in [0.29, 0.717) is 10.5 Å². The van der Waals surface area contributed by atoms with Crippen molar-refractivity contribution < 1.29 is 23.8 Å². The van der Waals surface area contributed by atoms with Crippen LogP contribution < -0.4 is 9.54 Å². The van der Waals surface area contributed by atoms with Gasteiger partial charge in [0, 0.05) is 10.6 Å². The van der Waals surface area contributed by atoms with E-state index in [4.69, 9.17) is 16.3 Å². The van der Waals surface area contributed by atoms with Crippen LogP contribution in [0.1, 0.15) is 23.3 Å². The van der Waals surface area contributed by atoms with Crippen molar-refractivity contribution in [2.24, 2.45) is 4.99 Å². The number of rotatable bonds is 4. The second-order valence-electron chi connectivity index (χ2n) is 5.63. The van der Waals surface area contributed by atoms with Gasteiger partial charge in [-0.1, -0.05) is 29.0 Å². The molecule has 0 bridgehead atoms. The summed E-state index contributed by atoms with van der Waals surface area (Å²) in [6.07, 6.45) is 0. The Morgan fingerprint density at radius 1 is 1.33 bits per heavy atom. The lowest BCUT2D eigenvalue weighted by Gasteiger charge is -2.10. The second-order valence-corrected chi connectivity index (χ2v) is 7.04. The zero-order valence-corrected chi connectivity index (χ0v) is 15.8. The van der Waals surface area contributed by atoms with Crippen LogP contribution in [0.15, 0.2) is 41.4 Å². The van der Waals surface area contributed by atoms with Crippen LogP contribution in [0.25, 0.3) is 10.2 Å². The number of amides is 1. The van der Waals surface area contributed by atoms with Crippen molar-refractivity contribution >= 4 is 45.0 Å². The second kappa shape index (κ2) is 7.50. The van der Waals surface area contributed by atoms with Crippen molar-refractivity contribution in [1.29, 1.82) is 0 Å². The number of thiazole rings is 1. The van der Waals surface area contributed by atoms with Crippen LogP contribution in [0.5, 0.6) is 5.75 Å². The minimum absolute atomic E-state index is 0.0200. The molecule has 27 heavy (non-hydrogen) atoms. The minimum atomic E-state index is -1.14. The third kappa shape index (κ3) is 3.58. The van der Waals surface area contributed by atoms with E-state index < -0.39 is 23.7 Å². The summed E-state index contributed by atoms with van der Waals surface area (Å²) in [5.74, 6) is -2.36. The van der Waals surface area contributed by atoms with E-state index in [-0.39, 0.29) is 20.8 Å². The SMILES string of the molecule is COc1ccc2c(s/c(=N\C(=O)c3cccc(Cl)c3)n2C(C)C(=O)O)c1F. The van der Waals surface area contributed by atoms with Gasteiger partial charge >= 0.3 is 5.97 Å². The maximum Gasteiger partial charge on any atom is 0.326 e. The molecule has 0 radical (unpaired) electrons. The molecule has 3 rings (SSSR count). The highest BCUT2D eigenvalue weighted by atomic mass is 35.5. The summed E-state index contributed by atoms with van der Waals surface area (Å²) in [5.41, 5.74) is 0.554. The topological polar surface area (TPSA) is 80.9 Å². The average Bonchev–Trinajstić information content (AvgIpc) is 3.00. The van der Waals surface area contributed by atoms with Gasteiger partial charge in [0.2, 0.25) is 0 Å². The summed E-state index contributed by atoms with van der Waals surface area (Å²) in [7, 11) is 1.33. The molecular weight excluding hydrogens is 395 g/mol. The van der Waals surface area contributed by atoms with Crippen molar-refractivity contribution in [3.8, 4) is 5.75 Å². The van der Waals surface area contributed by atoms with Gasteiger partial charge < -0.3 is 14.4 Å². The van der Waals surface area contributed by atoms with Gasteiger partial charge in [-0.3, -0.25) is 4.79 Å². The molecule has 0 saturated heterocycles. The maximum absolute atomic E-state index is 14.6. The van der Waals surface area contributed by atoms with Crippen molar-refractivity contribution in [2.45, 2.75) is 13.0 Å². The molecular formula is C18H14ClFN2O4S. The van der Waals surface area contributed by atoms with Crippen molar-refractivity contribution in [3.05, 3.63) is 57.6 Å². The van der Waals surface area contributed by atoms with Gasteiger partial charge in [-0.2, -0.15) is 4.99 Å². The maximum atomic E-state index is 14.6. The number of aromatic nitrogens is 1. The van der Waals surface area contributed by atoms with E-state index in [0.717, 1.165) is 11.3 Å². The molecule has 140 valence electrons. The van der Waals surface area contributed by atoms with E-state index in [1.165, 1.54) is 36.8 Å². The van der Waals surface area contributed by atoms with Crippen LogP contribution >= 0.6 is 22.9 Å². The monoisotopic (exact) mass is 408 g/mol. The van der Waals surface area contributed by atoms with Crippen molar-refractivity contribution in [3.63, 3.8) is 0 Å². The Hall–Kier alpha value is -2.71. The van der Waals surface area contributed by atoms with Gasteiger partial charge in [0.05, 0.1) is 17.3 Å². The van der Waals surface area contributed by atoms with Gasteiger partial charge in [-0.05, 0) is 37.3 Å². The molecule has 0 fully saturated rings. The number of hydrogen-bond acceptors (Lipinski definition) is 4. The first-order valence-electron chi connectivity index (χ1n) is 7.78. The Bertz CT molecular complexity index is 1120. The number of carboxylic acid groups (broad SMARTS) is 1. The molecule has 1 aromatic heterocycles. The molecule has 3 aromatic rings. The predicted octanol–water partition coefficient (Wildman–Crippen LogP) is 3.89. The fourth-order valence-electron chi connectivity index (χ4n) is 2.55. The van der Waals surface area contributed by atoms with Gasteiger partial charge in [-0.15, -0.1) is 0 Å². The number of carbonyl (C=O) groups is 2. The Kier molecular flexibility index (Phi) is 5.29. The standard InChI is InChI=1S/C18H14ClFN2O4S/c1-9(17(24)25)22-12-6-7-13(26-2)14(20)15(12)27-18(22)21-16(23)10-4-3-5-11(19)8-10/h3-9H,1-2H3,(H,24,25)/b21-18-. The Balaban J connectivity index is 2.27. The van der Waals surface area contributed by atoms with Crippen LogP contribution in [0.3, 0.4) is 0 Å². The lowest BCUT2D eigenvalue weighted by atomic mass is 10.2. The number of aliphatic carboxylic acids is 1. The number of halogens is 2. The number of fused-ring (bicyclic) bond motifs is 1. The molecule has 0 aliphatic carbocycles. The number of hydrogen-bond donors (Lipinski definition) is 1. The number of nitrogens with zero attached hydrogens (tertiary/aromatic N) is 2. The average molecular weight is 409 g/mol. The fourth-order valence-corrected chi connectivity index (χ4v) is 3.87. The summed E-state index contributed by atoms with van der Waals surface area (Å²) in [6.45, 7) is 1.43. The van der Waals surface area contributed by atoms with E-state index in [1.807, 2.05) is 0 Å². The van der Waals surface area contributed by atoms with E-state index >= 15 is 0 Å². The first-order chi connectivity index (χ1) is 12.8. The van der Waals surface area contributed by atoms with Crippen molar-refractivity contribution in [1.82, 2.24) is 4.57 Å². The first-order valence-corrected chi connectivity index (χ1v) is 8.98. The predicted molar refractivity (Wildman–Crippen MR) is 100 cm³/mol. The molecule has 9 heteroatoms. The molecule has 0 saturated carbocycles. The van der Waals surface area contributed by atoms with Crippen LogP contribution in [0.2, 0.25) is 5.02 Å². The van der Waals surface area contributed by atoms with Crippen LogP contribution in [-0.2, 0) is 4.79 Å². The molecule has 6 nitrogen and oxygen atoms in total. The lowest BCUT2D eigenvalue weighted by molar-refractivity contribution is -0.140. The quantitative estimate of drug-likeness (QED) is 0.710. The number of ether oxygens (including phenoxy) is 1. The summed E-state index contributed by atoms with van der Waals surface area (Å²) < 4.78 is 21.1. The molecule has 1 N–H and O–H groups in total. The molecule has 1 amide bonds. The van der Waals surface area contributed by atoms with Crippen LogP contribution in [0.4, 0.5) is 4.39 Å². The Morgan fingerprint density at radius 3 is 2.70 bits per heavy atom. The molecule has 0 aliphatic rings. The highest BCUT2D eigenvalue weighted by Gasteiger charge is 2.22. The largest absolute Gasteiger partial charge is 0.494 e. The number of benzene rings is 2. The van der Waals surface area contributed by atoms with Gasteiger partial charge in [0.25, 0.3) is 5.91 Å². The molecule has 1 atom stereocenters. The van der Waals surface area contributed by atoms with Crippen molar-refractivity contribution in [2.75, 3.05) is 7.11 Å². The Labute approximate surface area is 162 Å². The van der Waals surface area contributed by atoms with Gasteiger partial charge in [0.1, 0.15) is 6.04 Å². The summed E-state index contributed by atoms with van der Waals surface area (Å²) >= 11 is 6.77. The summed E-state index contributed by atoms with van der Waals surface area (Å²) in [4.78, 5) is 28.1. The molecule has 1 heterocycles. The number of methoxy groups -OCH3 is 1. The number of carboxylic acids is 1. The van der Waals surface area contributed by atoms with Crippen LogP contribution in [-0.4, -0.2) is 28.7 Å². The Morgan fingerprint density at radius 2 is 2.07 bits per heavy atom. The summed E-state index contributed by atoms with van der Waals surface area (Å²) in [5, 5.41) is 9.79. The van der Waals surface area contributed by atoms with Crippen LogP contribution in [0, 0.1) is 5.82 Å². The molecule has 0 spiro atoms. The minimum Gasteiger partial charge on any atom is -0.494 e. The van der Waals surface area contributed by atoms with Gasteiger partial charge in [-0.25, -0.2) is 9.18 Å². The third-order valence-corrected chi connectivity index (χ3v) is 5.23. The van der Waals surface area contributed by atoms with Gasteiger partial charge in [0.15, 0.2) is 16.4 Å². The highest BCUT2D eigenvalue weighted by Crippen LogP contribution is 2.30. The van der Waals surface area contributed by atoms with E-state index in [9.17, 15) is 19.1 Å². The highest BCUT2D eigenvalue weighted by molar-refractivity contribution is 7.16. The third-order valence-electron chi connectivity index (χ3n) is 3.93. The smallest absolute Gasteiger partial charge is 0.326 e.